The fraction of sp³-hybridized carbons (Fsp3) is 0.625. The van der Waals surface area contributed by atoms with Gasteiger partial charge in [-0.1, -0.05) is 0 Å². The van der Waals surface area contributed by atoms with Gasteiger partial charge in [-0.15, -0.1) is 22.7 Å². The minimum absolute atomic E-state index is 0.201. The smallest absolute Gasteiger partial charge is 0.341 e. The molecule has 0 amide bonds. The molecule has 0 spiro atoms. The van der Waals surface area contributed by atoms with Crippen LogP contribution in [0.5, 0.6) is 0 Å². The summed E-state index contributed by atoms with van der Waals surface area (Å²) in [6.07, 6.45) is 4.29. The van der Waals surface area contributed by atoms with Gasteiger partial charge in [0.15, 0.2) is 0 Å². The number of carbonyl (C=O) groups is 4. The van der Waals surface area contributed by atoms with Gasteiger partial charge in [-0.05, 0) is 105 Å². The van der Waals surface area contributed by atoms with Gasteiger partial charge in [0.25, 0.3) is 0 Å². The standard InChI is InChI=1S/2C16H23NO4S/c1-5-20-14(18)9-6-7-11-10(8-9)12(13(17)22-11)15(19)21-16(2,3)4;1-5-20-14(18)10-8-6-7-9-11(13(17)22-12(9)10)15(19)21-16(2,3)4/h9H,5-8,17H2,1-4H3;10H,5-8,17H2,1-4H3. The largest absolute Gasteiger partial charge is 0.466 e. The van der Waals surface area contributed by atoms with Gasteiger partial charge in [0, 0.05) is 9.75 Å². The lowest BCUT2D eigenvalue weighted by Crippen LogP contribution is -2.27. The fourth-order valence-electron chi connectivity index (χ4n) is 5.29. The summed E-state index contributed by atoms with van der Waals surface area (Å²) in [5.74, 6) is -1.78. The van der Waals surface area contributed by atoms with Crippen LogP contribution in [0.2, 0.25) is 0 Å². The Balaban J connectivity index is 0.000000240. The predicted octanol–water partition coefficient (Wildman–Crippen LogP) is 6.22. The Bertz CT molecular complexity index is 1380. The monoisotopic (exact) mass is 650 g/mol. The quantitative estimate of drug-likeness (QED) is 0.272. The Morgan fingerprint density at radius 1 is 0.750 bits per heavy atom. The van der Waals surface area contributed by atoms with Crippen molar-refractivity contribution in [1.82, 2.24) is 0 Å². The maximum Gasteiger partial charge on any atom is 0.341 e. The van der Waals surface area contributed by atoms with Crippen molar-refractivity contribution in [3.63, 3.8) is 0 Å². The number of rotatable bonds is 6. The van der Waals surface area contributed by atoms with E-state index < -0.39 is 23.1 Å². The molecule has 0 saturated heterocycles. The molecule has 12 heteroatoms. The lowest BCUT2D eigenvalue weighted by molar-refractivity contribution is -0.148. The van der Waals surface area contributed by atoms with Crippen molar-refractivity contribution >= 4 is 56.6 Å². The van der Waals surface area contributed by atoms with Crippen molar-refractivity contribution in [2.75, 3.05) is 24.7 Å². The number of hydrogen-bond acceptors (Lipinski definition) is 12. The molecule has 0 fully saturated rings. The molecule has 10 nitrogen and oxygen atoms in total. The van der Waals surface area contributed by atoms with Gasteiger partial charge in [-0.25, -0.2) is 9.59 Å². The highest BCUT2D eigenvalue weighted by molar-refractivity contribution is 7.17. The van der Waals surface area contributed by atoms with E-state index >= 15 is 0 Å². The number of thiophene rings is 2. The first-order chi connectivity index (χ1) is 20.5. The van der Waals surface area contributed by atoms with Crippen LogP contribution in [0.4, 0.5) is 10.0 Å². The van der Waals surface area contributed by atoms with Gasteiger partial charge in [0.05, 0.1) is 36.2 Å². The average Bonchev–Trinajstić information content (AvgIpc) is 3.41. The van der Waals surface area contributed by atoms with E-state index in [1.165, 1.54) is 22.7 Å². The van der Waals surface area contributed by atoms with Crippen LogP contribution in [0.3, 0.4) is 0 Å². The zero-order valence-corrected chi connectivity index (χ0v) is 28.7. The molecular formula is C32H46N2O8S2. The van der Waals surface area contributed by atoms with E-state index in [1.807, 2.05) is 41.5 Å². The van der Waals surface area contributed by atoms with Crippen molar-refractivity contribution in [2.45, 2.75) is 111 Å². The normalized spacial score (nSPS) is 17.7. The van der Waals surface area contributed by atoms with Crippen molar-refractivity contribution in [3.8, 4) is 0 Å². The number of esters is 4. The Hall–Kier alpha value is -3.12. The molecule has 2 aromatic heterocycles. The summed E-state index contributed by atoms with van der Waals surface area (Å²) < 4.78 is 21.1. The van der Waals surface area contributed by atoms with Crippen LogP contribution >= 0.6 is 22.7 Å². The summed E-state index contributed by atoms with van der Waals surface area (Å²) in [6.45, 7) is 15.2. The Kier molecular flexibility index (Phi) is 11.5. The second-order valence-electron chi connectivity index (χ2n) is 12.8. The minimum Gasteiger partial charge on any atom is -0.466 e. The van der Waals surface area contributed by atoms with Gasteiger partial charge in [-0.2, -0.15) is 0 Å². The zero-order valence-electron chi connectivity index (χ0n) is 27.0. The topological polar surface area (TPSA) is 157 Å². The molecule has 2 aliphatic rings. The molecule has 244 valence electrons. The molecule has 0 radical (unpaired) electrons. The molecule has 2 aromatic rings. The highest BCUT2D eigenvalue weighted by atomic mass is 32.1. The first-order valence-corrected chi connectivity index (χ1v) is 16.7. The van der Waals surface area contributed by atoms with Gasteiger partial charge >= 0.3 is 23.9 Å². The molecule has 0 saturated carbocycles. The molecule has 0 aromatic carbocycles. The van der Waals surface area contributed by atoms with Gasteiger partial charge in [-0.3, -0.25) is 9.59 Å². The molecule has 4 N–H and O–H groups in total. The molecule has 2 atom stereocenters. The molecule has 2 aliphatic carbocycles. The zero-order chi connectivity index (χ0) is 33.0. The molecular weight excluding hydrogens is 604 g/mol. The number of aryl methyl sites for hydroxylation is 1. The lowest BCUT2D eigenvalue weighted by Gasteiger charge is -2.23. The van der Waals surface area contributed by atoms with Crippen molar-refractivity contribution < 1.29 is 38.1 Å². The molecule has 2 heterocycles. The van der Waals surface area contributed by atoms with Crippen LogP contribution in [-0.2, 0) is 47.8 Å². The first-order valence-electron chi connectivity index (χ1n) is 15.1. The van der Waals surface area contributed by atoms with Crippen LogP contribution in [-0.4, -0.2) is 48.3 Å². The fourth-order valence-corrected chi connectivity index (χ4v) is 7.62. The second-order valence-corrected chi connectivity index (χ2v) is 15.0. The SMILES string of the molecule is CCOC(=O)C1CCCc2c1sc(N)c2C(=O)OC(C)(C)C.CCOC(=O)C1CCc2sc(N)c(C(=O)OC(C)(C)C)c2C1. The highest BCUT2D eigenvalue weighted by Gasteiger charge is 2.36. The summed E-state index contributed by atoms with van der Waals surface area (Å²) in [5, 5.41) is 0.902. The first kappa shape index (κ1) is 35.4. The number of anilines is 2. The number of ether oxygens (including phenoxy) is 4. The number of nitrogens with two attached hydrogens (primary N) is 2. The van der Waals surface area contributed by atoms with E-state index in [0.717, 1.165) is 53.0 Å². The summed E-state index contributed by atoms with van der Waals surface area (Å²) in [5.41, 5.74) is 13.5. The van der Waals surface area contributed by atoms with Crippen molar-refractivity contribution in [2.24, 2.45) is 5.92 Å². The molecule has 4 rings (SSSR count). The maximum atomic E-state index is 12.4. The molecule has 2 unspecified atom stereocenters. The lowest BCUT2D eigenvalue weighted by atomic mass is 9.86. The summed E-state index contributed by atoms with van der Waals surface area (Å²) in [7, 11) is 0. The van der Waals surface area contributed by atoms with Gasteiger partial charge < -0.3 is 30.4 Å². The van der Waals surface area contributed by atoms with Crippen LogP contribution < -0.4 is 11.5 Å². The van der Waals surface area contributed by atoms with Crippen LogP contribution in [0.25, 0.3) is 0 Å². The second kappa shape index (κ2) is 14.3. The number of fused-ring (bicyclic) bond motifs is 2. The van der Waals surface area contributed by atoms with E-state index in [-0.39, 0.29) is 23.8 Å². The number of hydrogen-bond donors (Lipinski definition) is 2. The van der Waals surface area contributed by atoms with E-state index in [2.05, 4.69) is 0 Å². The third-order valence-electron chi connectivity index (χ3n) is 6.99. The Morgan fingerprint density at radius 2 is 1.27 bits per heavy atom. The number of carbonyl (C=O) groups excluding carboxylic acids is 4. The molecule has 0 bridgehead atoms. The third-order valence-corrected chi connectivity index (χ3v) is 9.28. The Labute approximate surface area is 267 Å². The number of nitrogen functional groups attached to an aromatic ring is 2. The minimum atomic E-state index is -0.576. The van der Waals surface area contributed by atoms with Crippen LogP contribution in [0.15, 0.2) is 0 Å². The maximum absolute atomic E-state index is 12.4. The van der Waals surface area contributed by atoms with Gasteiger partial charge in [0.1, 0.15) is 21.2 Å². The average molecular weight is 651 g/mol. The van der Waals surface area contributed by atoms with Crippen molar-refractivity contribution in [3.05, 3.63) is 32.0 Å². The molecule has 0 aliphatic heterocycles. The van der Waals surface area contributed by atoms with Gasteiger partial charge in [0.2, 0.25) is 0 Å². The van der Waals surface area contributed by atoms with Crippen LogP contribution in [0.1, 0.15) is 122 Å². The highest BCUT2D eigenvalue weighted by Crippen LogP contribution is 2.43. The summed E-state index contributed by atoms with van der Waals surface area (Å²) in [6, 6.07) is 0. The van der Waals surface area contributed by atoms with E-state index in [0.29, 0.717) is 40.8 Å². The predicted molar refractivity (Wildman–Crippen MR) is 172 cm³/mol. The van der Waals surface area contributed by atoms with Crippen LogP contribution in [0, 0.1) is 5.92 Å². The molecule has 44 heavy (non-hydrogen) atoms. The summed E-state index contributed by atoms with van der Waals surface area (Å²) >= 11 is 2.73. The van der Waals surface area contributed by atoms with E-state index in [1.54, 1.807) is 13.8 Å². The van der Waals surface area contributed by atoms with E-state index in [4.69, 9.17) is 30.4 Å². The van der Waals surface area contributed by atoms with E-state index in [9.17, 15) is 19.2 Å². The third kappa shape index (κ3) is 8.74. The summed E-state index contributed by atoms with van der Waals surface area (Å²) in [4.78, 5) is 50.8. The Morgan fingerprint density at radius 3 is 1.82 bits per heavy atom. The van der Waals surface area contributed by atoms with Crippen molar-refractivity contribution in [1.29, 1.82) is 0 Å².